The molecule has 0 bridgehead atoms. The van der Waals surface area contributed by atoms with Crippen LogP contribution in [0.5, 0.6) is 0 Å². The van der Waals surface area contributed by atoms with Crippen LogP contribution >= 0.6 is 0 Å². The van der Waals surface area contributed by atoms with Gasteiger partial charge in [-0.25, -0.2) is 0 Å². The van der Waals surface area contributed by atoms with Crippen molar-refractivity contribution in [1.29, 1.82) is 0 Å². The number of aryl methyl sites for hydroxylation is 1. The molecule has 2 atom stereocenters. The molecule has 1 saturated heterocycles. The lowest BCUT2D eigenvalue weighted by molar-refractivity contribution is -0.128. The van der Waals surface area contributed by atoms with E-state index in [1.807, 2.05) is 16.8 Å². The Bertz CT molecular complexity index is 597. The zero-order chi connectivity index (χ0) is 18.6. The predicted octanol–water partition coefficient (Wildman–Crippen LogP) is 2.05. The van der Waals surface area contributed by atoms with Crippen LogP contribution in [0.1, 0.15) is 31.9 Å². The number of hydrogen-bond donors (Lipinski definition) is 1. The largest absolute Gasteiger partial charge is 0.350 e. The fraction of sp³-hybridized carbons (Fsp3) is 0.600. The lowest BCUT2D eigenvalue weighted by Crippen LogP contribution is -2.45. The molecule has 1 aliphatic rings. The summed E-state index contributed by atoms with van der Waals surface area (Å²) in [5, 5.41) is 3.15. The van der Waals surface area contributed by atoms with Crippen molar-refractivity contribution in [2.24, 2.45) is 11.8 Å². The Hall–Kier alpha value is -1.88. The van der Waals surface area contributed by atoms with E-state index in [1.54, 1.807) is 6.92 Å². The van der Waals surface area contributed by atoms with Gasteiger partial charge in [-0.3, -0.25) is 14.5 Å². The Morgan fingerprint density at radius 3 is 2.44 bits per heavy atom. The highest BCUT2D eigenvalue weighted by Crippen LogP contribution is 2.24. The minimum Gasteiger partial charge on any atom is -0.350 e. The van der Waals surface area contributed by atoms with Gasteiger partial charge in [0.25, 0.3) is 0 Å². The van der Waals surface area contributed by atoms with Crippen molar-refractivity contribution in [2.75, 3.05) is 26.7 Å². The van der Waals surface area contributed by atoms with Crippen LogP contribution in [0, 0.1) is 18.8 Å². The molecule has 1 fully saturated rings. The van der Waals surface area contributed by atoms with Gasteiger partial charge in [0.05, 0.1) is 12.6 Å². The molecule has 1 aromatic rings. The van der Waals surface area contributed by atoms with Gasteiger partial charge >= 0.3 is 0 Å². The van der Waals surface area contributed by atoms with Crippen LogP contribution in [0.2, 0.25) is 0 Å². The SMILES string of the molecule is CC(=O)N1C[C@@H](NC(=O)CN(C)Cc2ccc(C)cc2)[C@H](C(C)C)C1. The normalized spacial score (nSPS) is 20.4. The second kappa shape index (κ2) is 8.48. The molecule has 25 heavy (non-hydrogen) atoms. The Balaban J connectivity index is 1.87. The van der Waals surface area contributed by atoms with E-state index >= 15 is 0 Å². The number of carbonyl (C=O) groups is 2. The molecule has 0 radical (unpaired) electrons. The number of benzene rings is 1. The van der Waals surface area contributed by atoms with Crippen molar-refractivity contribution in [3.63, 3.8) is 0 Å². The number of hydrogen-bond acceptors (Lipinski definition) is 3. The maximum absolute atomic E-state index is 12.4. The van der Waals surface area contributed by atoms with Crippen molar-refractivity contribution in [3.05, 3.63) is 35.4 Å². The van der Waals surface area contributed by atoms with Crippen molar-refractivity contribution in [1.82, 2.24) is 15.1 Å². The van der Waals surface area contributed by atoms with E-state index in [0.717, 1.165) is 13.1 Å². The van der Waals surface area contributed by atoms with Crippen molar-refractivity contribution in [2.45, 2.75) is 40.3 Å². The molecule has 0 unspecified atom stereocenters. The van der Waals surface area contributed by atoms with E-state index < -0.39 is 0 Å². The van der Waals surface area contributed by atoms with E-state index in [-0.39, 0.29) is 17.9 Å². The van der Waals surface area contributed by atoms with Gasteiger partial charge < -0.3 is 10.2 Å². The molecule has 2 rings (SSSR count). The lowest BCUT2D eigenvalue weighted by Gasteiger charge is -2.24. The van der Waals surface area contributed by atoms with Crippen molar-refractivity contribution in [3.8, 4) is 0 Å². The Kier molecular flexibility index (Phi) is 6.59. The summed E-state index contributed by atoms with van der Waals surface area (Å²) in [6, 6.07) is 8.42. The standard InChI is InChI=1S/C20H31N3O2/c1-14(2)18-11-23(16(4)24)12-19(18)21-20(25)13-22(5)10-17-8-6-15(3)7-9-17/h6-9,14,18-19H,10-13H2,1-5H3,(H,21,25)/t18-,19+/m0/s1. The summed E-state index contributed by atoms with van der Waals surface area (Å²) < 4.78 is 0. The third-order valence-electron chi connectivity index (χ3n) is 5.00. The molecular formula is C20H31N3O2. The first-order valence-corrected chi connectivity index (χ1v) is 9.05. The first-order valence-electron chi connectivity index (χ1n) is 9.05. The van der Waals surface area contributed by atoms with E-state index in [9.17, 15) is 9.59 Å². The Morgan fingerprint density at radius 1 is 1.24 bits per heavy atom. The number of likely N-dealkylation sites (N-methyl/N-ethyl adjacent to an activating group) is 1. The first kappa shape index (κ1) is 19.4. The highest BCUT2D eigenvalue weighted by molar-refractivity contribution is 5.79. The molecule has 1 N–H and O–H groups in total. The summed E-state index contributed by atoms with van der Waals surface area (Å²) in [6.07, 6.45) is 0. The molecule has 1 aromatic carbocycles. The molecule has 138 valence electrons. The molecule has 0 aliphatic carbocycles. The zero-order valence-electron chi connectivity index (χ0n) is 16.1. The van der Waals surface area contributed by atoms with Crippen LogP contribution in [0.25, 0.3) is 0 Å². The molecule has 0 saturated carbocycles. The van der Waals surface area contributed by atoms with E-state index in [4.69, 9.17) is 0 Å². The summed E-state index contributed by atoms with van der Waals surface area (Å²) in [4.78, 5) is 28.0. The Morgan fingerprint density at radius 2 is 1.88 bits per heavy atom. The summed E-state index contributed by atoms with van der Waals surface area (Å²) >= 11 is 0. The molecule has 5 nitrogen and oxygen atoms in total. The minimum atomic E-state index is 0.0238. The number of rotatable bonds is 6. The fourth-order valence-corrected chi connectivity index (χ4v) is 3.47. The summed E-state index contributed by atoms with van der Waals surface area (Å²) in [5.41, 5.74) is 2.43. The number of likely N-dealkylation sites (tertiary alicyclic amines) is 1. The fourth-order valence-electron chi connectivity index (χ4n) is 3.47. The highest BCUT2D eigenvalue weighted by atomic mass is 16.2. The van der Waals surface area contributed by atoms with Gasteiger partial charge in [0, 0.05) is 32.5 Å². The number of carbonyl (C=O) groups excluding carboxylic acids is 2. The van der Waals surface area contributed by atoms with E-state index in [1.165, 1.54) is 11.1 Å². The van der Waals surface area contributed by atoms with Gasteiger partial charge in [-0.05, 0) is 25.5 Å². The molecule has 5 heteroatoms. The van der Waals surface area contributed by atoms with Crippen LogP contribution < -0.4 is 5.32 Å². The smallest absolute Gasteiger partial charge is 0.234 e. The van der Waals surface area contributed by atoms with Crippen LogP contribution in [0.3, 0.4) is 0 Å². The number of amides is 2. The summed E-state index contributed by atoms with van der Waals surface area (Å²) in [7, 11) is 1.95. The van der Waals surface area contributed by atoms with Crippen LogP contribution in [-0.4, -0.2) is 54.3 Å². The maximum Gasteiger partial charge on any atom is 0.234 e. The van der Waals surface area contributed by atoms with Gasteiger partial charge in [0.2, 0.25) is 11.8 Å². The van der Waals surface area contributed by atoms with E-state index in [0.29, 0.717) is 24.9 Å². The molecular weight excluding hydrogens is 314 g/mol. The van der Waals surface area contributed by atoms with Crippen LogP contribution in [-0.2, 0) is 16.1 Å². The van der Waals surface area contributed by atoms with Crippen molar-refractivity contribution >= 4 is 11.8 Å². The Labute approximate surface area is 151 Å². The van der Waals surface area contributed by atoms with Crippen LogP contribution in [0.15, 0.2) is 24.3 Å². The minimum absolute atomic E-state index is 0.0238. The lowest BCUT2D eigenvalue weighted by atomic mass is 9.91. The molecule has 1 heterocycles. The molecule has 0 aromatic heterocycles. The van der Waals surface area contributed by atoms with Gasteiger partial charge in [-0.1, -0.05) is 43.7 Å². The van der Waals surface area contributed by atoms with E-state index in [2.05, 4.69) is 50.4 Å². The summed E-state index contributed by atoms with van der Waals surface area (Å²) in [6.45, 7) is 10.4. The molecule has 0 spiro atoms. The van der Waals surface area contributed by atoms with Gasteiger partial charge in [-0.2, -0.15) is 0 Å². The third kappa shape index (κ3) is 5.56. The second-order valence-electron chi connectivity index (χ2n) is 7.66. The number of nitrogens with zero attached hydrogens (tertiary/aromatic N) is 2. The third-order valence-corrected chi connectivity index (χ3v) is 5.00. The monoisotopic (exact) mass is 345 g/mol. The zero-order valence-corrected chi connectivity index (χ0v) is 16.1. The van der Waals surface area contributed by atoms with Crippen LogP contribution in [0.4, 0.5) is 0 Å². The van der Waals surface area contributed by atoms with Gasteiger partial charge in [0.1, 0.15) is 0 Å². The first-order chi connectivity index (χ1) is 11.8. The van der Waals surface area contributed by atoms with Gasteiger partial charge in [-0.15, -0.1) is 0 Å². The predicted molar refractivity (Wildman–Crippen MR) is 100 cm³/mol. The second-order valence-corrected chi connectivity index (χ2v) is 7.66. The number of nitrogens with one attached hydrogen (secondary N) is 1. The maximum atomic E-state index is 12.4. The van der Waals surface area contributed by atoms with Crippen molar-refractivity contribution < 1.29 is 9.59 Å². The average molecular weight is 345 g/mol. The topological polar surface area (TPSA) is 52.7 Å². The average Bonchev–Trinajstić information content (AvgIpc) is 2.93. The molecule has 1 aliphatic heterocycles. The highest BCUT2D eigenvalue weighted by Gasteiger charge is 2.36. The summed E-state index contributed by atoms with van der Waals surface area (Å²) in [5.74, 6) is 0.852. The quantitative estimate of drug-likeness (QED) is 0.858. The molecule has 2 amide bonds. The van der Waals surface area contributed by atoms with Gasteiger partial charge in [0.15, 0.2) is 0 Å².